The average molecular weight is 397 g/mol. The van der Waals surface area contributed by atoms with Gasteiger partial charge in [0.1, 0.15) is 5.78 Å². The SMILES string of the molecule is CC(=O)CCCCCCC=CCC(CC(=O)OCC(C)C)C(=O)OCC(C)C. The lowest BCUT2D eigenvalue weighted by Gasteiger charge is -2.15. The summed E-state index contributed by atoms with van der Waals surface area (Å²) in [7, 11) is 0. The van der Waals surface area contributed by atoms with E-state index in [1.807, 2.05) is 33.8 Å². The van der Waals surface area contributed by atoms with Gasteiger partial charge in [-0.05, 0) is 44.4 Å². The molecule has 0 heterocycles. The van der Waals surface area contributed by atoms with E-state index in [1.54, 1.807) is 6.92 Å². The number of hydrogen-bond donors (Lipinski definition) is 0. The number of carbonyl (C=O) groups is 3. The largest absolute Gasteiger partial charge is 0.465 e. The molecule has 0 fully saturated rings. The van der Waals surface area contributed by atoms with E-state index in [4.69, 9.17) is 9.47 Å². The van der Waals surface area contributed by atoms with Crippen LogP contribution >= 0.6 is 0 Å². The maximum Gasteiger partial charge on any atom is 0.309 e. The van der Waals surface area contributed by atoms with Gasteiger partial charge in [-0.25, -0.2) is 0 Å². The van der Waals surface area contributed by atoms with Gasteiger partial charge in [0.15, 0.2) is 0 Å². The van der Waals surface area contributed by atoms with Gasteiger partial charge in [-0.1, -0.05) is 52.7 Å². The van der Waals surface area contributed by atoms with Crippen molar-refractivity contribution in [3.8, 4) is 0 Å². The zero-order valence-electron chi connectivity index (χ0n) is 18.5. The topological polar surface area (TPSA) is 69.7 Å². The van der Waals surface area contributed by atoms with E-state index >= 15 is 0 Å². The fraction of sp³-hybridized carbons (Fsp3) is 0.783. The fourth-order valence-corrected chi connectivity index (χ4v) is 2.52. The molecule has 0 aliphatic heterocycles. The fourth-order valence-electron chi connectivity index (χ4n) is 2.52. The van der Waals surface area contributed by atoms with Crippen LogP contribution in [0.1, 0.15) is 86.0 Å². The second-order valence-corrected chi connectivity index (χ2v) is 8.36. The third-order valence-corrected chi connectivity index (χ3v) is 4.12. The van der Waals surface area contributed by atoms with Crippen molar-refractivity contribution in [1.82, 2.24) is 0 Å². The average Bonchev–Trinajstić information content (AvgIpc) is 2.61. The summed E-state index contributed by atoms with van der Waals surface area (Å²) in [5.74, 6) is -0.391. The molecule has 0 aliphatic carbocycles. The van der Waals surface area contributed by atoms with Gasteiger partial charge in [0, 0.05) is 6.42 Å². The van der Waals surface area contributed by atoms with Gasteiger partial charge in [-0.3, -0.25) is 9.59 Å². The number of carbonyl (C=O) groups excluding carboxylic acids is 3. The van der Waals surface area contributed by atoms with Crippen LogP contribution in [-0.2, 0) is 23.9 Å². The third kappa shape index (κ3) is 16.5. The van der Waals surface area contributed by atoms with Crippen LogP contribution in [0.25, 0.3) is 0 Å². The van der Waals surface area contributed by atoms with Crippen LogP contribution in [0.5, 0.6) is 0 Å². The number of esters is 2. The van der Waals surface area contributed by atoms with Gasteiger partial charge in [0.05, 0.1) is 25.6 Å². The highest BCUT2D eigenvalue weighted by Crippen LogP contribution is 2.15. The Kier molecular flexibility index (Phi) is 15.4. The van der Waals surface area contributed by atoms with Crippen molar-refractivity contribution in [2.45, 2.75) is 86.0 Å². The lowest BCUT2D eigenvalue weighted by Crippen LogP contribution is -2.24. The summed E-state index contributed by atoms with van der Waals surface area (Å²) in [6.45, 7) is 10.3. The molecule has 162 valence electrons. The number of hydrogen-bond acceptors (Lipinski definition) is 5. The van der Waals surface area contributed by atoms with E-state index in [-0.39, 0.29) is 36.0 Å². The van der Waals surface area contributed by atoms with E-state index in [0.29, 0.717) is 26.1 Å². The molecule has 0 aromatic heterocycles. The molecular formula is C23H40O5. The summed E-state index contributed by atoms with van der Waals surface area (Å²) in [5.41, 5.74) is 0. The maximum absolute atomic E-state index is 12.3. The Hall–Kier alpha value is -1.65. The van der Waals surface area contributed by atoms with Crippen molar-refractivity contribution in [3.05, 3.63) is 12.2 Å². The molecule has 28 heavy (non-hydrogen) atoms. The minimum absolute atomic E-state index is 0.0546. The molecule has 0 rings (SSSR count). The number of rotatable bonds is 16. The standard InChI is InChI=1S/C23H40O5/c1-18(2)16-27-22(25)15-21(23(26)28-17-19(3)4)14-12-10-8-6-7-9-11-13-20(5)24/h10,12,18-19,21H,6-9,11,13-17H2,1-5H3. The van der Waals surface area contributed by atoms with E-state index in [9.17, 15) is 14.4 Å². The van der Waals surface area contributed by atoms with Gasteiger partial charge in [-0.2, -0.15) is 0 Å². The zero-order chi connectivity index (χ0) is 21.4. The first-order chi connectivity index (χ1) is 13.2. The maximum atomic E-state index is 12.3. The first-order valence-corrected chi connectivity index (χ1v) is 10.7. The van der Waals surface area contributed by atoms with Crippen LogP contribution in [-0.4, -0.2) is 30.9 Å². The molecule has 0 amide bonds. The van der Waals surface area contributed by atoms with Gasteiger partial charge >= 0.3 is 11.9 Å². The van der Waals surface area contributed by atoms with Gasteiger partial charge in [0.25, 0.3) is 0 Å². The molecule has 0 aromatic carbocycles. The van der Waals surface area contributed by atoms with Gasteiger partial charge < -0.3 is 14.3 Å². The van der Waals surface area contributed by atoms with Crippen LogP contribution in [0.2, 0.25) is 0 Å². The Morgan fingerprint density at radius 3 is 2.04 bits per heavy atom. The van der Waals surface area contributed by atoms with Gasteiger partial charge in [0.2, 0.25) is 0 Å². The van der Waals surface area contributed by atoms with E-state index in [0.717, 1.165) is 32.1 Å². The Balaban J connectivity index is 4.33. The minimum Gasteiger partial charge on any atom is -0.465 e. The lowest BCUT2D eigenvalue weighted by atomic mass is 10.0. The quantitative estimate of drug-likeness (QED) is 0.202. The van der Waals surface area contributed by atoms with Crippen LogP contribution in [0.15, 0.2) is 12.2 Å². The smallest absolute Gasteiger partial charge is 0.309 e. The van der Waals surface area contributed by atoms with Crippen LogP contribution in [0.3, 0.4) is 0 Å². The van der Waals surface area contributed by atoms with Crippen molar-refractivity contribution in [2.75, 3.05) is 13.2 Å². The second-order valence-electron chi connectivity index (χ2n) is 8.36. The minimum atomic E-state index is -0.495. The lowest BCUT2D eigenvalue weighted by molar-refractivity contribution is -0.156. The summed E-state index contributed by atoms with van der Waals surface area (Å²) < 4.78 is 10.5. The Bertz CT molecular complexity index is 479. The molecule has 0 aromatic rings. The van der Waals surface area contributed by atoms with Gasteiger partial charge in [-0.15, -0.1) is 0 Å². The highest BCUT2D eigenvalue weighted by molar-refractivity contribution is 5.80. The van der Waals surface area contributed by atoms with Crippen LogP contribution in [0, 0.1) is 17.8 Å². The van der Waals surface area contributed by atoms with Crippen molar-refractivity contribution in [3.63, 3.8) is 0 Å². The second kappa shape index (κ2) is 16.3. The predicted molar refractivity (Wildman–Crippen MR) is 112 cm³/mol. The number of allylic oxidation sites excluding steroid dienone is 2. The molecule has 0 aliphatic rings. The van der Waals surface area contributed by atoms with Crippen molar-refractivity contribution >= 4 is 17.7 Å². The summed E-state index contributed by atoms with van der Waals surface area (Å²) in [4.78, 5) is 35.2. The highest BCUT2D eigenvalue weighted by Gasteiger charge is 2.23. The number of Topliss-reactive ketones (excluding diaryl/α,β-unsaturated/α-hetero) is 1. The van der Waals surface area contributed by atoms with Crippen molar-refractivity contribution in [1.29, 1.82) is 0 Å². The van der Waals surface area contributed by atoms with Crippen molar-refractivity contribution < 1.29 is 23.9 Å². The highest BCUT2D eigenvalue weighted by atomic mass is 16.5. The Labute approximate surface area is 171 Å². The predicted octanol–water partition coefficient (Wildman–Crippen LogP) is 5.27. The molecule has 1 atom stereocenters. The Morgan fingerprint density at radius 2 is 1.43 bits per heavy atom. The molecule has 0 bridgehead atoms. The summed E-state index contributed by atoms with van der Waals surface area (Å²) >= 11 is 0. The zero-order valence-corrected chi connectivity index (χ0v) is 18.5. The molecule has 5 nitrogen and oxygen atoms in total. The molecule has 5 heteroatoms. The third-order valence-electron chi connectivity index (χ3n) is 4.12. The van der Waals surface area contributed by atoms with E-state index in [1.165, 1.54) is 0 Å². The molecular weight excluding hydrogens is 356 g/mol. The number of unbranched alkanes of at least 4 members (excludes halogenated alkanes) is 4. The molecule has 1 unspecified atom stereocenters. The normalized spacial score (nSPS) is 12.5. The number of ether oxygens (including phenoxy) is 2. The monoisotopic (exact) mass is 396 g/mol. The van der Waals surface area contributed by atoms with E-state index < -0.39 is 5.92 Å². The summed E-state index contributed by atoms with van der Waals surface area (Å²) in [5, 5.41) is 0. The Morgan fingerprint density at radius 1 is 0.821 bits per heavy atom. The van der Waals surface area contributed by atoms with Crippen LogP contribution < -0.4 is 0 Å². The first kappa shape index (κ1) is 26.4. The first-order valence-electron chi connectivity index (χ1n) is 10.7. The van der Waals surface area contributed by atoms with Crippen LogP contribution in [0.4, 0.5) is 0 Å². The molecule has 0 saturated heterocycles. The van der Waals surface area contributed by atoms with Crippen molar-refractivity contribution in [2.24, 2.45) is 17.8 Å². The van der Waals surface area contributed by atoms with E-state index in [2.05, 4.69) is 6.08 Å². The molecule has 0 saturated carbocycles. The number of ketones is 1. The molecule has 0 spiro atoms. The molecule has 0 radical (unpaired) electrons. The summed E-state index contributed by atoms with van der Waals surface area (Å²) in [6.07, 6.45) is 10.4. The summed E-state index contributed by atoms with van der Waals surface area (Å²) in [6, 6.07) is 0. The molecule has 0 N–H and O–H groups in total.